The fraction of sp³-hybridized carbons (Fsp3) is 0.381. The van der Waals surface area contributed by atoms with E-state index in [1.54, 1.807) is 32.4 Å². The third kappa shape index (κ3) is 4.82. The minimum atomic E-state index is -0.135. The number of carbonyl (C=O) groups excluding carboxylic acids is 1. The molecule has 6 heteroatoms. The average Bonchev–Trinajstić information content (AvgIpc) is 3.16. The van der Waals surface area contributed by atoms with Crippen molar-refractivity contribution in [3.63, 3.8) is 0 Å². The van der Waals surface area contributed by atoms with Crippen molar-refractivity contribution in [1.82, 2.24) is 5.32 Å². The maximum absolute atomic E-state index is 12.5. The van der Waals surface area contributed by atoms with E-state index in [9.17, 15) is 4.79 Å². The zero-order valence-corrected chi connectivity index (χ0v) is 17.3. The summed E-state index contributed by atoms with van der Waals surface area (Å²) in [6.07, 6.45) is 4.40. The van der Waals surface area contributed by atoms with Crippen LogP contribution in [-0.4, -0.2) is 26.7 Å². The number of hydrogen-bond donors (Lipinski definition) is 2. The minimum Gasteiger partial charge on any atom is -0.497 e. The van der Waals surface area contributed by atoms with Crippen molar-refractivity contribution in [2.24, 2.45) is 0 Å². The molecule has 2 aromatic rings. The van der Waals surface area contributed by atoms with E-state index in [0.717, 1.165) is 30.2 Å². The SMILES string of the molecule is COc1cc(NC(=O)CNC2(c3ccc(Br)cc3)CCCC2)cc(OC)c1. The summed E-state index contributed by atoms with van der Waals surface area (Å²) < 4.78 is 11.6. The van der Waals surface area contributed by atoms with Gasteiger partial charge in [-0.3, -0.25) is 10.1 Å². The molecule has 1 fully saturated rings. The van der Waals surface area contributed by atoms with Crippen LogP contribution in [0.4, 0.5) is 5.69 Å². The van der Waals surface area contributed by atoms with Crippen LogP contribution in [0.1, 0.15) is 31.2 Å². The largest absolute Gasteiger partial charge is 0.497 e. The lowest BCUT2D eigenvalue weighted by Crippen LogP contribution is -2.44. The van der Waals surface area contributed by atoms with Gasteiger partial charge >= 0.3 is 0 Å². The molecular formula is C21H25BrN2O3. The molecule has 1 saturated carbocycles. The van der Waals surface area contributed by atoms with Crippen molar-refractivity contribution in [1.29, 1.82) is 0 Å². The van der Waals surface area contributed by atoms with Crippen molar-refractivity contribution >= 4 is 27.5 Å². The molecule has 1 amide bonds. The number of rotatable bonds is 7. The molecule has 1 aliphatic carbocycles. The van der Waals surface area contributed by atoms with Crippen molar-refractivity contribution in [3.05, 3.63) is 52.5 Å². The molecule has 0 heterocycles. The second kappa shape index (κ2) is 8.76. The molecule has 1 aliphatic rings. The fourth-order valence-electron chi connectivity index (χ4n) is 3.65. The molecule has 0 spiro atoms. The number of benzene rings is 2. The van der Waals surface area contributed by atoms with Crippen LogP contribution in [0.5, 0.6) is 11.5 Å². The van der Waals surface area contributed by atoms with E-state index in [4.69, 9.17) is 9.47 Å². The highest BCUT2D eigenvalue weighted by Gasteiger charge is 2.35. The Labute approximate surface area is 168 Å². The average molecular weight is 433 g/mol. The van der Waals surface area contributed by atoms with Crippen LogP contribution >= 0.6 is 15.9 Å². The molecule has 0 bridgehead atoms. The second-order valence-electron chi connectivity index (χ2n) is 6.80. The summed E-state index contributed by atoms with van der Waals surface area (Å²) >= 11 is 3.49. The van der Waals surface area contributed by atoms with Gasteiger partial charge in [0.05, 0.1) is 20.8 Å². The molecule has 144 valence electrons. The van der Waals surface area contributed by atoms with Gasteiger partial charge in [0.1, 0.15) is 11.5 Å². The number of carbonyl (C=O) groups is 1. The molecule has 0 aromatic heterocycles. The number of nitrogens with one attached hydrogen (secondary N) is 2. The minimum absolute atomic E-state index is 0.0892. The van der Waals surface area contributed by atoms with Crippen LogP contribution < -0.4 is 20.1 Å². The number of amides is 1. The molecule has 0 radical (unpaired) electrons. The van der Waals surface area contributed by atoms with Crippen LogP contribution in [0.15, 0.2) is 46.9 Å². The van der Waals surface area contributed by atoms with Gasteiger partial charge in [0.25, 0.3) is 0 Å². The summed E-state index contributed by atoms with van der Waals surface area (Å²) in [7, 11) is 3.17. The molecular weight excluding hydrogens is 408 g/mol. The van der Waals surface area contributed by atoms with Gasteiger partial charge in [-0.15, -0.1) is 0 Å². The summed E-state index contributed by atoms with van der Waals surface area (Å²) in [5.74, 6) is 1.19. The van der Waals surface area contributed by atoms with Gasteiger partial charge in [-0.25, -0.2) is 0 Å². The van der Waals surface area contributed by atoms with Gasteiger partial charge in [-0.05, 0) is 30.5 Å². The van der Waals surface area contributed by atoms with Gasteiger partial charge in [0.15, 0.2) is 0 Å². The number of methoxy groups -OCH3 is 2. The van der Waals surface area contributed by atoms with Crippen LogP contribution in [0, 0.1) is 0 Å². The quantitative estimate of drug-likeness (QED) is 0.677. The van der Waals surface area contributed by atoms with Crippen molar-refractivity contribution in [2.45, 2.75) is 31.2 Å². The number of anilines is 1. The Balaban J connectivity index is 1.67. The maximum atomic E-state index is 12.5. The topological polar surface area (TPSA) is 59.6 Å². The van der Waals surface area contributed by atoms with E-state index in [2.05, 4.69) is 50.8 Å². The molecule has 0 unspecified atom stereocenters. The number of hydrogen-bond acceptors (Lipinski definition) is 4. The highest BCUT2D eigenvalue weighted by Crippen LogP contribution is 2.39. The molecule has 0 saturated heterocycles. The predicted molar refractivity (Wildman–Crippen MR) is 110 cm³/mol. The first kappa shape index (κ1) is 19.7. The Hall–Kier alpha value is -2.05. The van der Waals surface area contributed by atoms with Gasteiger partial charge in [-0.2, -0.15) is 0 Å². The maximum Gasteiger partial charge on any atom is 0.238 e. The van der Waals surface area contributed by atoms with E-state index in [1.165, 1.54) is 5.56 Å². The smallest absolute Gasteiger partial charge is 0.238 e. The summed E-state index contributed by atoms with van der Waals surface area (Å²) in [6, 6.07) is 13.7. The Morgan fingerprint density at radius 1 is 1.04 bits per heavy atom. The Kier molecular flexibility index (Phi) is 6.39. The van der Waals surface area contributed by atoms with E-state index in [0.29, 0.717) is 17.2 Å². The molecule has 5 nitrogen and oxygen atoms in total. The van der Waals surface area contributed by atoms with E-state index >= 15 is 0 Å². The second-order valence-corrected chi connectivity index (χ2v) is 7.71. The Morgan fingerprint density at radius 2 is 1.63 bits per heavy atom. The first-order valence-electron chi connectivity index (χ1n) is 9.09. The third-order valence-electron chi connectivity index (χ3n) is 5.08. The zero-order chi connectivity index (χ0) is 19.3. The Morgan fingerprint density at radius 3 is 2.19 bits per heavy atom. The highest BCUT2D eigenvalue weighted by molar-refractivity contribution is 9.10. The molecule has 2 N–H and O–H groups in total. The van der Waals surface area contributed by atoms with Crippen molar-refractivity contribution < 1.29 is 14.3 Å². The predicted octanol–water partition coefficient (Wildman–Crippen LogP) is 4.46. The molecule has 0 aliphatic heterocycles. The van der Waals surface area contributed by atoms with Crippen LogP contribution in [0.3, 0.4) is 0 Å². The van der Waals surface area contributed by atoms with Crippen molar-refractivity contribution in [2.75, 3.05) is 26.1 Å². The Bertz CT molecular complexity index is 764. The van der Waals surface area contributed by atoms with Gasteiger partial charge in [-0.1, -0.05) is 40.9 Å². The molecule has 27 heavy (non-hydrogen) atoms. The summed E-state index contributed by atoms with van der Waals surface area (Å²) in [5, 5.41) is 6.44. The van der Waals surface area contributed by atoms with Gasteiger partial charge in [0, 0.05) is 33.9 Å². The monoisotopic (exact) mass is 432 g/mol. The summed E-state index contributed by atoms with van der Waals surface area (Å²) in [5.41, 5.74) is 1.76. The summed E-state index contributed by atoms with van der Waals surface area (Å²) in [6.45, 7) is 0.246. The molecule has 2 aromatic carbocycles. The third-order valence-corrected chi connectivity index (χ3v) is 5.61. The first-order valence-corrected chi connectivity index (χ1v) is 9.88. The van der Waals surface area contributed by atoms with Crippen LogP contribution in [-0.2, 0) is 10.3 Å². The standard InChI is InChI=1S/C21H25BrN2O3/c1-26-18-11-17(12-19(13-18)27-2)24-20(25)14-23-21(9-3-4-10-21)15-5-7-16(22)8-6-15/h5-8,11-13,23H,3-4,9-10,14H2,1-2H3,(H,24,25). The van der Waals surface area contributed by atoms with E-state index in [1.807, 2.05) is 0 Å². The number of halogens is 1. The van der Waals surface area contributed by atoms with E-state index < -0.39 is 0 Å². The first-order chi connectivity index (χ1) is 13.0. The fourth-order valence-corrected chi connectivity index (χ4v) is 3.91. The van der Waals surface area contributed by atoms with Crippen LogP contribution in [0.25, 0.3) is 0 Å². The zero-order valence-electron chi connectivity index (χ0n) is 15.7. The summed E-state index contributed by atoms with van der Waals surface area (Å²) in [4.78, 5) is 12.5. The number of ether oxygens (including phenoxy) is 2. The molecule has 3 rings (SSSR count). The highest BCUT2D eigenvalue weighted by atomic mass is 79.9. The van der Waals surface area contributed by atoms with Crippen LogP contribution in [0.2, 0.25) is 0 Å². The molecule has 0 atom stereocenters. The normalized spacial score (nSPS) is 15.4. The van der Waals surface area contributed by atoms with Crippen molar-refractivity contribution in [3.8, 4) is 11.5 Å². The van der Waals surface area contributed by atoms with Gasteiger partial charge in [0.2, 0.25) is 5.91 Å². The lowest BCUT2D eigenvalue weighted by Gasteiger charge is -2.31. The lowest BCUT2D eigenvalue weighted by molar-refractivity contribution is -0.115. The van der Waals surface area contributed by atoms with Gasteiger partial charge < -0.3 is 14.8 Å². The lowest BCUT2D eigenvalue weighted by atomic mass is 9.88. The van der Waals surface area contributed by atoms with E-state index in [-0.39, 0.29) is 18.0 Å².